The molecule has 0 saturated carbocycles. The van der Waals surface area contributed by atoms with E-state index in [0.29, 0.717) is 6.54 Å². The maximum atomic E-state index is 12.0. The van der Waals surface area contributed by atoms with E-state index in [9.17, 15) is 13.2 Å². The molecule has 0 spiro atoms. The smallest absolute Gasteiger partial charge is 0.245 e. The number of nitrogens with one attached hydrogen (secondary N) is 2. The number of sulfonamides is 1. The number of pyridine rings is 1. The van der Waals surface area contributed by atoms with Gasteiger partial charge in [0.25, 0.3) is 0 Å². The van der Waals surface area contributed by atoms with E-state index >= 15 is 0 Å². The zero-order chi connectivity index (χ0) is 17.0. The van der Waals surface area contributed by atoms with Crippen LogP contribution in [-0.2, 0) is 10.0 Å². The van der Waals surface area contributed by atoms with Crippen molar-refractivity contribution in [1.29, 1.82) is 0 Å². The molecule has 0 aliphatic rings. The van der Waals surface area contributed by atoms with Crippen LogP contribution in [0.25, 0.3) is 0 Å². The second-order valence-electron chi connectivity index (χ2n) is 5.95. The lowest BCUT2D eigenvalue weighted by Gasteiger charge is -2.06. The zero-order valence-corrected chi connectivity index (χ0v) is 15.0. The summed E-state index contributed by atoms with van der Waals surface area (Å²) in [5.41, 5.74) is -0.487. The van der Waals surface area contributed by atoms with Crippen molar-refractivity contribution < 1.29 is 8.42 Å². The largest absolute Gasteiger partial charge is 0.366 e. The lowest BCUT2D eigenvalue weighted by molar-refractivity contribution is 0.548. The standard InChI is InChI=1S/C17H30N2O3S/c1-2-3-4-5-6-7-8-9-10-11-13-19-23(21,22)17-15-18-14-12-16(17)20/h12,14-15,19H,2-11,13H2,1H3,(H,18,20). The van der Waals surface area contributed by atoms with Gasteiger partial charge in [-0.1, -0.05) is 64.7 Å². The van der Waals surface area contributed by atoms with Gasteiger partial charge in [0.05, 0.1) is 0 Å². The molecular weight excluding hydrogens is 312 g/mol. The van der Waals surface area contributed by atoms with E-state index in [-0.39, 0.29) is 4.90 Å². The Bertz CT molecular complexity index is 582. The summed E-state index contributed by atoms with van der Waals surface area (Å²) >= 11 is 0. The molecule has 1 aromatic heterocycles. The van der Waals surface area contributed by atoms with Gasteiger partial charge in [0.15, 0.2) is 0 Å². The van der Waals surface area contributed by atoms with Gasteiger partial charge in [-0.3, -0.25) is 4.79 Å². The molecule has 0 fully saturated rings. The van der Waals surface area contributed by atoms with E-state index in [4.69, 9.17) is 0 Å². The Morgan fingerprint density at radius 3 is 2.09 bits per heavy atom. The third-order valence-corrected chi connectivity index (χ3v) is 5.38. The highest BCUT2D eigenvalue weighted by atomic mass is 32.2. The summed E-state index contributed by atoms with van der Waals surface area (Å²) < 4.78 is 26.5. The minimum atomic E-state index is -3.69. The molecule has 5 nitrogen and oxygen atoms in total. The van der Waals surface area contributed by atoms with Crippen LogP contribution >= 0.6 is 0 Å². The Balaban J connectivity index is 2.09. The number of hydrogen-bond donors (Lipinski definition) is 2. The second-order valence-corrected chi connectivity index (χ2v) is 7.69. The molecule has 0 aliphatic carbocycles. The molecular formula is C17H30N2O3S. The zero-order valence-electron chi connectivity index (χ0n) is 14.1. The van der Waals surface area contributed by atoms with Gasteiger partial charge in [0.1, 0.15) is 4.90 Å². The molecule has 0 amide bonds. The van der Waals surface area contributed by atoms with Crippen molar-refractivity contribution in [3.63, 3.8) is 0 Å². The predicted octanol–water partition coefficient (Wildman–Crippen LogP) is 3.57. The predicted molar refractivity (Wildman–Crippen MR) is 94.1 cm³/mol. The SMILES string of the molecule is CCCCCCCCCCCCNS(=O)(=O)c1c[nH]ccc1=O. The molecule has 1 rings (SSSR count). The number of unbranched alkanes of at least 4 members (excludes halogenated alkanes) is 9. The quantitative estimate of drug-likeness (QED) is 0.538. The van der Waals surface area contributed by atoms with Crippen molar-refractivity contribution >= 4 is 10.0 Å². The number of H-pyrrole nitrogens is 1. The van der Waals surface area contributed by atoms with Gasteiger partial charge in [-0.15, -0.1) is 0 Å². The summed E-state index contributed by atoms with van der Waals surface area (Å²) in [6.45, 7) is 2.61. The van der Waals surface area contributed by atoms with Gasteiger partial charge in [0.2, 0.25) is 15.5 Å². The lowest BCUT2D eigenvalue weighted by atomic mass is 10.1. The van der Waals surface area contributed by atoms with Crippen LogP contribution in [0.5, 0.6) is 0 Å². The highest BCUT2D eigenvalue weighted by molar-refractivity contribution is 7.89. The van der Waals surface area contributed by atoms with Crippen LogP contribution in [0, 0.1) is 0 Å². The second kappa shape index (κ2) is 11.4. The van der Waals surface area contributed by atoms with Gasteiger partial charge in [-0.05, 0) is 6.42 Å². The Kier molecular flexibility index (Phi) is 9.87. The van der Waals surface area contributed by atoms with E-state index in [1.807, 2.05) is 0 Å². The van der Waals surface area contributed by atoms with Gasteiger partial charge < -0.3 is 4.98 Å². The highest BCUT2D eigenvalue weighted by Crippen LogP contribution is 2.10. The van der Waals surface area contributed by atoms with Gasteiger partial charge in [0, 0.05) is 25.0 Å². The van der Waals surface area contributed by atoms with Crippen LogP contribution in [0.1, 0.15) is 71.1 Å². The third kappa shape index (κ3) is 8.32. The van der Waals surface area contributed by atoms with Crippen molar-refractivity contribution in [2.75, 3.05) is 6.54 Å². The maximum Gasteiger partial charge on any atom is 0.245 e. The van der Waals surface area contributed by atoms with E-state index < -0.39 is 15.5 Å². The number of aromatic nitrogens is 1. The first kappa shape index (κ1) is 19.9. The highest BCUT2D eigenvalue weighted by Gasteiger charge is 2.16. The lowest BCUT2D eigenvalue weighted by Crippen LogP contribution is -2.29. The van der Waals surface area contributed by atoms with Gasteiger partial charge >= 0.3 is 0 Å². The van der Waals surface area contributed by atoms with E-state index in [2.05, 4.69) is 16.6 Å². The summed E-state index contributed by atoms with van der Waals surface area (Å²) in [7, 11) is -3.69. The van der Waals surface area contributed by atoms with Crippen LogP contribution in [0.3, 0.4) is 0 Å². The minimum absolute atomic E-state index is 0.216. The monoisotopic (exact) mass is 342 g/mol. The molecule has 1 aromatic rings. The third-order valence-electron chi connectivity index (χ3n) is 3.90. The topological polar surface area (TPSA) is 79.0 Å². The molecule has 1 heterocycles. The van der Waals surface area contributed by atoms with Crippen molar-refractivity contribution in [3.05, 3.63) is 28.7 Å². The Morgan fingerprint density at radius 2 is 1.52 bits per heavy atom. The first-order valence-corrected chi connectivity index (χ1v) is 10.2. The van der Waals surface area contributed by atoms with Gasteiger partial charge in [-0.2, -0.15) is 0 Å². The fraction of sp³-hybridized carbons (Fsp3) is 0.706. The fourth-order valence-electron chi connectivity index (χ4n) is 2.51. The summed E-state index contributed by atoms with van der Waals surface area (Å²) in [5, 5.41) is 0. The van der Waals surface area contributed by atoms with E-state index in [1.54, 1.807) is 0 Å². The van der Waals surface area contributed by atoms with Crippen LogP contribution in [0.4, 0.5) is 0 Å². The fourth-order valence-corrected chi connectivity index (χ4v) is 3.63. The molecule has 0 radical (unpaired) electrons. The number of hydrogen-bond acceptors (Lipinski definition) is 3. The number of aromatic amines is 1. The molecule has 0 atom stereocenters. The Morgan fingerprint density at radius 1 is 0.957 bits per heavy atom. The van der Waals surface area contributed by atoms with Crippen LogP contribution < -0.4 is 10.2 Å². The molecule has 0 saturated heterocycles. The van der Waals surface area contributed by atoms with Crippen LogP contribution in [0.2, 0.25) is 0 Å². The van der Waals surface area contributed by atoms with Crippen molar-refractivity contribution in [2.24, 2.45) is 0 Å². The normalized spacial score (nSPS) is 11.7. The van der Waals surface area contributed by atoms with Crippen LogP contribution in [0.15, 0.2) is 28.2 Å². The molecule has 0 unspecified atom stereocenters. The molecule has 23 heavy (non-hydrogen) atoms. The Hall–Kier alpha value is -1.14. The van der Waals surface area contributed by atoms with Gasteiger partial charge in [-0.25, -0.2) is 13.1 Å². The van der Waals surface area contributed by atoms with Crippen LogP contribution in [-0.4, -0.2) is 19.9 Å². The summed E-state index contributed by atoms with van der Waals surface area (Å²) in [6.07, 6.45) is 14.7. The van der Waals surface area contributed by atoms with Crippen molar-refractivity contribution in [2.45, 2.75) is 76.0 Å². The first-order chi connectivity index (χ1) is 11.1. The summed E-state index contributed by atoms with van der Waals surface area (Å²) in [6, 6.07) is 1.22. The molecule has 0 aliphatic heterocycles. The molecule has 0 bridgehead atoms. The van der Waals surface area contributed by atoms with E-state index in [1.165, 1.54) is 63.4 Å². The average Bonchev–Trinajstić information content (AvgIpc) is 2.53. The number of rotatable bonds is 13. The molecule has 6 heteroatoms. The van der Waals surface area contributed by atoms with Crippen molar-refractivity contribution in [3.8, 4) is 0 Å². The summed E-state index contributed by atoms with van der Waals surface area (Å²) in [5.74, 6) is 0. The summed E-state index contributed by atoms with van der Waals surface area (Å²) in [4.78, 5) is 13.9. The first-order valence-electron chi connectivity index (χ1n) is 8.74. The molecule has 2 N–H and O–H groups in total. The maximum absolute atomic E-state index is 12.0. The van der Waals surface area contributed by atoms with E-state index in [0.717, 1.165) is 19.3 Å². The average molecular weight is 343 g/mol. The van der Waals surface area contributed by atoms with Crippen molar-refractivity contribution in [1.82, 2.24) is 9.71 Å². The molecule has 132 valence electrons. The minimum Gasteiger partial charge on any atom is -0.366 e. The Labute approximate surface area is 140 Å². The molecule has 0 aromatic carbocycles.